The first-order valence-corrected chi connectivity index (χ1v) is 7.45. The third-order valence-electron chi connectivity index (χ3n) is 3.01. The molecule has 0 bridgehead atoms. The van der Waals surface area contributed by atoms with Gasteiger partial charge in [-0.15, -0.1) is 0 Å². The van der Waals surface area contributed by atoms with Gasteiger partial charge in [-0.05, 0) is 19.4 Å². The summed E-state index contributed by atoms with van der Waals surface area (Å²) >= 11 is 5.72. The number of aliphatic carboxylic acids is 1. The minimum atomic E-state index is -4.53. The van der Waals surface area contributed by atoms with E-state index in [0.717, 1.165) is 6.07 Å². The quantitative estimate of drug-likeness (QED) is 0.657. The number of carboxylic acids is 1. The molecule has 0 aliphatic rings. The van der Waals surface area contributed by atoms with Crippen LogP contribution in [-0.2, 0) is 15.8 Å². The van der Waals surface area contributed by atoms with Gasteiger partial charge in [-0.2, -0.15) is 13.2 Å². The molecule has 0 aliphatic carbocycles. The van der Waals surface area contributed by atoms with E-state index in [9.17, 15) is 22.8 Å². The highest BCUT2D eigenvalue weighted by atomic mass is 35.5. The van der Waals surface area contributed by atoms with E-state index in [2.05, 4.69) is 15.6 Å². The molecule has 134 valence electrons. The number of nitrogens with one attached hydrogen (secondary N) is 2. The highest BCUT2D eigenvalue weighted by Gasteiger charge is 2.31. The van der Waals surface area contributed by atoms with Crippen molar-refractivity contribution in [2.75, 3.05) is 11.9 Å². The average Bonchev–Trinajstić information content (AvgIpc) is 2.45. The second kappa shape index (κ2) is 8.72. The van der Waals surface area contributed by atoms with E-state index in [-0.39, 0.29) is 42.2 Å². The lowest BCUT2D eigenvalue weighted by atomic mass is 10.2. The molecule has 10 heteroatoms. The fourth-order valence-electron chi connectivity index (χ4n) is 1.78. The van der Waals surface area contributed by atoms with Crippen LogP contribution in [0.1, 0.15) is 31.7 Å². The molecule has 1 heterocycles. The standard InChI is InChI=1S/C14H17ClF3N3O3/c1-8(2-3-12(23)24)21-11(22)4-5-19-13-10(15)6-9(7-20-13)14(16,17)18/h6-8H,2-5H2,1H3,(H,19,20)(H,21,22)(H,23,24). The molecule has 24 heavy (non-hydrogen) atoms. The van der Waals surface area contributed by atoms with Crippen molar-refractivity contribution in [3.05, 3.63) is 22.8 Å². The SMILES string of the molecule is CC(CCC(=O)O)NC(=O)CCNc1ncc(C(F)(F)F)cc1Cl. The van der Waals surface area contributed by atoms with Crippen LogP contribution in [0.2, 0.25) is 5.02 Å². The maximum absolute atomic E-state index is 12.5. The van der Waals surface area contributed by atoms with Gasteiger partial charge in [0.1, 0.15) is 5.82 Å². The molecule has 3 N–H and O–H groups in total. The van der Waals surface area contributed by atoms with Crippen LogP contribution >= 0.6 is 11.6 Å². The number of hydrogen-bond acceptors (Lipinski definition) is 4. The van der Waals surface area contributed by atoms with Gasteiger partial charge in [0.2, 0.25) is 5.91 Å². The molecule has 0 fully saturated rings. The van der Waals surface area contributed by atoms with Gasteiger partial charge < -0.3 is 15.7 Å². The van der Waals surface area contributed by atoms with Crippen LogP contribution in [-0.4, -0.2) is 34.6 Å². The first-order valence-electron chi connectivity index (χ1n) is 7.07. The zero-order chi connectivity index (χ0) is 18.3. The summed E-state index contributed by atoms with van der Waals surface area (Å²) in [5.41, 5.74) is -0.956. The Hall–Kier alpha value is -2.03. The number of halogens is 4. The molecule has 1 aromatic rings. The van der Waals surface area contributed by atoms with Gasteiger partial charge in [0, 0.05) is 31.6 Å². The summed E-state index contributed by atoms with van der Waals surface area (Å²) in [7, 11) is 0. The second-order valence-electron chi connectivity index (χ2n) is 5.13. The minimum Gasteiger partial charge on any atom is -0.481 e. The number of anilines is 1. The lowest BCUT2D eigenvalue weighted by Gasteiger charge is -2.13. The summed E-state index contributed by atoms with van der Waals surface area (Å²) in [6, 6.07) is 0.465. The number of carbonyl (C=O) groups excluding carboxylic acids is 1. The molecular formula is C14H17ClF3N3O3. The van der Waals surface area contributed by atoms with Crippen molar-refractivity contribution in [3.8, 4) is 0 Å². The van der Waals surface area contributed by atoms with E-state index in [4.69, 9.17) is 16.7 Å². The second-order valence-corrected chi connectivity index (χ2v) is 5.54. The molecule has 1 unspecified atom stereocenters. The molecule has 1 atom stereocenters. The third-order valence-corrected chi connectivity index (χ3v) is 3.30. The van der Waals surface area contributed by atoms with Crippen molar-refractivity contribution in [1.82, 2.24) is 10.3 Å². The van der Waals surface area contributed by atoms with Crippen LogP contribution in [0.3, 0.4) is 0 Å². The summed E-state index contributed by atoms with van der Waals surface area (Å²) in [6.45, 7) is 1.80. The normalized spacial score (nSPS) is 12.5. The number of carbonyl (C=O) groups is 2. The molecule has 0 saturated carbocycles. The summed E-state index contributed by atoms with van der Waals surface area (Å²) in [5.74, 6) is -1.21. The summed E-state index contributed by atoms with van der Waals surface area (Å²) in [4.78, 5) is 25.7. The van der Waals surface area contributed by atoms with Crippen LogP contribution in [0.15, 0.2) is 12.3 Å². The number of aromatic nitrogens is 1. The number of amides is 1. The summed E-state index contributed by atoms with van der Waals surface area (Å²) in [6.07, 6.45) is -3.58. The van der Waals surface area contributed by atoms with E-state index in [1.54, 1.807) is 6.92 Å². The van der Waals surface area contributed by atoms with Crippen LogP contribution < -0.4 is 10.6 Å². The van der Waals surface area contributed by atoms with Crippen LogP contribution in [0, 0.1) is 0 Å². The van der Waals surface area contributed by atoms with Gasteiger partial charge in [0.05, 0.1) is 10.6 Å². The Bertz CT molecular complexity index is 596. The van der Waals surface area contributed by atoms with Crippen molar-refractivity contribution in [1.29, 1.82) is 0 Å². The maximum atomic E-state index is 12.5. The van der Waals surface area contributed by atoms with E-state index in [1.807, 2.05) is 0 Å². The largest absolute Gasteiger partial charge is 0.481 e. The molecule has 1 rings (SSSR count). The molecular weight excluding hydrogens is 351 g/mol. The fourth-order valence-corrected chi connectivity index (χ4v) is 2.01. The first-order chi connectivity index (χ1) is 11.1. The van der Waals surface area contributed by atoms with Crippen LogP contribution in [0.25, 0.3) is 0 Å². The van der Waals surface area contributed by atoms with E-state index >= 15 is 0 Å². The number of carboxylic acid groups (broad SMARTS) is 1. The van der Waals surface area contributed by atoms with Crippen molar-refractivity contribution in [3.63, 3.8) is 0 Å². The topological polar surface area (TPSA) is 91.3 Å². The summed E-state index contributed by atoms with van der Waals surface area (Å²) in [5, 5.41) is 13.7. The van der Waals surface area contributed by atoms with Gasteiger partial charge >= 0.3 is 12.1 Å². The van der Waals surface area contributed by atoms with Crippen molar-refractivity contribution in [2.45, 2.75) is 38.4 Å². The average molecular weight is 368 g/mol. The van der Waals surface area contributed by atoms with Gasteiger partial charge in [0.25, 0.3) is 0 Å². The van der Waals surface area contributed by atoms with Crippen molar-refractivity contribution in [2.24, 2.45) is 0 Å². The molecule has 0 radical (unpaired) electrons. The van der Waals surface area contributed by atoms with Crippen molar-refractivity contribution < 1.29 is 27.9 Å². The number of hydrogen-bond donors (Lipinski definition) is 3. The Morgan fingerprint density at radius 1 is 1.38 bits per heavy atom. The van der Waals surface area contributed by atoms with Gasteiger partial charge in [-0.3, -0.25) is 9.59 Å². The third kappa shape index (κ3) is 7.03. The van der Waals surface area contributed by atoms with Crippen LogP contribution in [0.4, 0.5) is 19.0 Å². The lowest BCUT2D eigenvalue weighted by molar-refractivity contribution is -0.138. The Kier molecular flexibility index (Phi) is 7.27. The molecule has 0 saturated heterocycles. The smallest absolute Gasteiger partial charge is 0.417 e. The number of nitrogens with zero attached hydrogens (tertiary/aromatic N) is 1. The van der Waals surface area contributed by atoms with Gasteiger partial charge in [-0.25, -0.2) is 4.98 Å². The van der Waals surface area contributed by atoms with Crippen LogP contribution in [0.5, 0.6) is 0 Å². The molecule has 6 nitrogen and oxygen atoms in total. The van der Waals surface area contributed by atoms with E-state index in [1.165, 1.54) is 0 Å². The summed E-state index contributed by atoms with van der Waals surface area (Å²) < 4.78 is 37.4. The minimum absolute atomic E-state index is 0.0381. The Balaban J connectivity index is 2.42. The fraction of sp³-hybridized carbons (Fsp3) is 0.500. The maximum Gasteiger partial charge on any atom is 0.417 e. The Morgan fingerprint density at radius 3 is 2.58 bits per heavy atom. The van der Waals surface area contributed by atoms with E-state index in [0.29, 0.717) is 12.6 Å². The first kappa shape index (κ1) is 20.0. The zero-order valence-electron chi connectivity index (χ0n) is 12.8. The predicted octanol–water partition coefficient (Wildman–Crippen LogP) is 2.93. The molecule has 1 aromatic heterocycles. The van der Waals surface area contributed by atoms with Gasteiger partial charge in [-0.1, -0.05) is 11.6 Å². The monoisotopic (exact) mass is 367 g/mol. The number of alkyl halides is 3. The lowest BCUT2D eigenvalue weighted by Crippen LogP contribution is -2.33. The molecule has 0 spiro atoms. The molecule has 0 aromatic carbocycles. The Morgan fingerprint density at radius 2 is 2.04 bits per heavy atom. The highest BCUT2D eigenvalue weighted by molar-refractivity contribution is 6.32. The Labute approximate surface area is 141 Å². The zero-order valence-corrected chi connectivity index (χ0v) is 13.5. The molecule has 0 aliphatic heterocycles. The number of pyridine rings is 1. The van der Waals surface area contributed by atoms with E-state index < -0.39 is 17.7 Å². The number of rotatable bonds is 8. The molecule has 1 amide bonds. The predicted molar refractivity (Wildman–Crippen MR) is 81.8 cm³/mol. The highest BCUT2D eigenvalue weighted by Crippen LogP contribution is 2.32. The van der Waals surface area contributed by atoms with Gasteiger partial charge in [0.15, 0.2) is 0 Å². The van der Waals surface area contributed by atoms with Crippen molar-refractivity contribution >= 4 is 29.3 Å².